The summed E-state index contributed by atoms with van der Waals surface area (Å²) in [5.41, 5.74) is 0. The molecule has 0 saturated carbocycles. The van der Waals surface area contributed by atoms with Crippen molar-refractivity contribution in [2.75, 3.05) is 37.0 Å². The van der Waals surface area contributed by atoms with E-state index < -0.39 is 9.84 Å². The van der Waals surface area contributed by atoms with E-state index in [1.54, 1.807) is 0 Å². The third kappa shape index (κ3) is 4.36. The molecule has 0 aromatic heterocycles. The molecule has 2 aliphatic rings. The highest BCUT2D eigenvalue weighted by atomic mass is 32.2. The van der Waals surface area contributed by atoms with Gasteiger partial charge in [0.2, 0.25) is 5.91 Å². The average Bonchev–Trinajstić information content (AvgIpc) is 2.76. The smallest absolute Gasteiger partial charge is 0.232 e. The minimum Gasteiger partial charge on any atom is -0.396 e. The Morgan fingerprint density at radius 2 is 1.95 bits per heavy atom. The van der Waals surface area contributed by atoms with Crippen molar-refractivity contribution in [3.8, 4) is 0 Å². The fraction of sp³-hybridized carbons (Fsp3) is 0.917. The van der Waals surface area contributed by atoms with E-state index in [9.17, 15) is 13.2 Å². The SMILES string of the molecule is O=C(CSC1CCS(=O)(=O)C1)N1CCC(CO)CC1. The summed E-state index contributed by atoms with van der Waals surface area (Å²) in [5.74, 6) is 1.30. The summed E-state index contributed by atoms with van der Waals surface area (Å²) in [7, 11) is -2.85. The molecule has 1 atom stereocenters. The van der Waals surface area contributed by atoms with Crippen molar-refractivity contribution in [3.05, 3.63) is 0 Å². The molecule has 110 valence electrons. The quantitative estimate of drug-likeness (QED) is 0.799. The predicted octanol–water partition coefficient (Wildman–Crippen LogP) is 0.138. The van der Waals surface area contributed by atoms with E-state index in [1.165, 1.54) is 11.8 Å². The molecular weight excluding hydrogens is 286 g/mol. The first-order valence-corrected chi connectivity index (χ1v) is 9.58. The molecule has 2 aliphatic heterocycles. The molecule has 1 N–H and O–H groups in total. The van der Waals surface area contributed by atoms with Crippen LogP contribution in [0.4, 0.5) is 0 Å². The molecule has 2 rings (SSSR count). The molecule has 0 aromatic carbocycles. The summed E-state index contributed by atoms with van der Waals surface area (Å²) in [6.45, 7) is 1.64. The Morgan fingerprint density at radius 3 is 2.47 bits per heavy atom. The van der Waals surface area contributed by atoms with Gasteiger partial charge >= 0.3 is 0 Å². The first kappa shape index (κ1) is 15.1. The van der Waals surface area contributed by atoms with Crippen LogP contribution in [0.5, 0.6) is 0 Å². The van der Waals surface area contributed by atoms with Gasteiger partial charge in [-0.05, 0) is 25.2 Å². The van der Waals surface area contributed by atoms with Crippen molar-refractivity contribution in [3.63, 3.8) is 0 Å². The first-order chi connectivity index (χ1) is 9.00. The predicted molar refractivity (Wildman–Crippen MR) is 75.9 cm³/mol. The van der Waals surface area contributed by atoms with Crippen molar-refractivity contribution in [2.24, 2.45) is 5.92 Å². The molecule has 1 amide bonds. The van der Waals surface area contributed by atoms with Crippen LogP contribution >= 0.6 is 11.8 Å². The number of aliphatic hydroxyl groups excluding tert-OH is 1. The molecule has 5 nitrogen and oxygen atoms in total. The molecule has 1 unspecified atom stereocenters. The second kappa shape index (κ2) is 6.45. The molecule has 2 fully saturated rings. The highest BCUT2D eigenvalue weighted by Gasteiger charge is 2.29. The van der Waals surface area contributed by atoms with Crippen LogP contribution in [0.1, 0.15) is 19.3 Å². The minimum absolute atomic E-state index is 0.0870. The number of hydrogen-bond donors (Lipinski definition) is 1. The number of thioether (sulfide) groups is 1. The number of likely N-dealkylation sites (tertiary alicyclic amines) is 1. The Bertz CT molecular complexity index is 415. The van der Waals surface area contributed by atoms with Gasteiger partial charge in [-0.2, -0.15) is 0 Å². The number of carbonyl (C=O) groups excluding carboxylic acids is 1. The Balaban J connectivity index is 1.71. The highest BCUT2D eigenvalue weighted by molar-refractivity contribution is 8.02. The van der Waals surface area contributed by atoms with Crippen LogP contribution in [0.3, 0.4) is 0 Å². The molecule has 2 heterocycles. The van der Waals surface area contributed by atoms with Gasteiger partial charge in [-0.15, -0.1) is 11.8 Å². The van der Waals surface area contributed by atoms with E-state index in [4.69, 9.17) is 5.11 Å². The van der Waals surface area contributed by atoms with Gasteiger partial charge in [0.1, 0.15) is 0 Å². The van der Waals surface area contributed by atoms with Crippen LogP contribution in [-0.4, -0.2) is 66.5 Å². The van der Waals surface area contributed by atoms with E-state index in [0.29, 0.717) is 31.2 Å². The van der Waals surface area contributed by atoms with Crippen molar-refractivity contribution in [1.82, 2.24) is 4.90 Å². The van der Waals surface area contributed by atoms with Crippen molar-refractivity contribution in [1.29, 1.82) is 0 Å². The Labute approximate surface area is 118 Å². The van der Waals surface area contributed by atoms with Crippen LogP contribution in [0.25, 0.3) is 0 Å². The molecular formula is C12H21NO4S2. The molecule has 0 bridgehead atoms. The van der Waals surface area contributed by atoms with E-state index in [1.807, 2.05) is 4.90 Å². The second-order valence-electron chi connectivity index (χ2n) is 5.34. The topological polar surface area (TPSA) is 74.7 Å². The number of aliphatic hydroxyl groups is 1. The zero-order chi connectivity index (χ0) is 13.9. The molecule has 2 saturated heterocycles. The maximum Gasteiger partial charge on any atom is 0.232 e. The van der Waals surface area contributed by atoms with Crippen molar-refractivity contribution in [2.45, 2.75) is 24.5 Å². The lowest BCUT2D eigenvalue weighted by Gasteiger charge is -2.31. The van der Waals surface area contributed by atoms with Crippen molar-refractivity contribution < 1.29 is 18.3 Å². The Hall–Kier alpha value is -0.270. The van der Waals surface area contributed by atoms with Crippen LogP contribution in [0, 0.1) is 5.92 Å². The van der Waals surface area contributed by atoms with Crippen LogP contribution in [0.2, 0.25) is 0 Å². The van der Waals surface area contributed by atoms with Crippen LogP contribution in [0.15, 0.2) is 0 Å². The van der Waals surface area contributed by atoms with E-state index in [0.717, 1.165) is 12.8 Å². The summed E-state index contributed by atoms with van der Waals surface area (Å²) in [6, 6.07) is 0. The average molecular weight is 307 g/mol. The molecule has 0 radical (unpaired) electrons. The van der Waals surface area contributed by atoms with Gasteiger partial charge < -0.3 is 10.0 Å². The summed E-state index contributed by atoms with van der Waals surface area (Å²) in [4.78, 5) is 13.8. The lowest BCUT2D eigenvalue weighted by Crippen LogP contribution is -2.40. The van der Waals surface area contributed by atoms with Gasteiger partial charge in [0, 0.05) is 24.9 Å². The number of piperidine rings is 1. The standard InChI is InChI=1S/C12H21NO4S2/c14-7-10-1-4-13(5-2-10)12(15)8-18-11-3-6-19(16,17)9-11/h10-11,14H,1-9H2. The fourth-order valence-electron chi connectivity index (χ4n) is 2.54. The molecule has 0 aliphatic carbocycles. The summed E-state index contributed by atoms with van der Waals surface area (Å²) < 4.78 is 22.6. The van der Waals surface area contributed by atoms with Crippen LogP contribution in [-0.2, 0) is 14.6 Å². The number of hydrogen-bond acceptors (Lipinski definition) is 5. The van der Waals surface area contributed by atoms with Crippen molar-refractivity contribution >= 4 is 27.5 Å². The van der Waals surface area contributed by atoms with E-state index in [2.05, 4.69) is 0 Å². The molecule has 0 spiro atoms. The van der Waals surface area contributed by atoms with Crippen LogP contribution < -0.4 is 0 Å². The van der Waals surface area contributed by atoms with Gasteiger partial charge in [-0.1, -0.05) is 0 Å². The highest BCUT2D eigenvalue weighted by Crippen LogP contribution is 2.25. The second-order valence-corrected chi connectivity index (χ2v) is 8.86. The van der Waals surface area contributed by atoms with Gasteiger partial charge in [0.15, 0.2) is 9.84 Å². The summed E-state index contributed by atoms with van der Waals surface area (Å²) in [6.07, 6.45) is 2.41. The monoisotopic (exact) mass is 307 g/mol. The molecule has 7 heteroatoms. The van der Waals surface area contributed by atoms with Gasteiger partial charge in [0.25, 0.3) is 0 Å². The maximum atomic E-state index is 12.0. The minimum atomic E-state index is -2.85. The lowest BCUT2D eigenvalue weighted by molar-refractivity contribution is -0.129. The van der Waals surface area contributed by atoms with Gasteiger partial charge in [0.05, 0.1) is 17.3 Å². The number of rotatable bonds is 4. The number of amides is 1. The van der Waals surface area contributed by atoms with E-state index in [-0.39, 0.29) is 29.3 Å². The molecule has 19 heavy (non-hydrogen) atoms. The number of carbonyl (C=O) groups is 1. The Morgan fingerprint density at radius 1 is 1.26 bits per heavy atom. The van der Waals surface area contributed by atoms with E-state index >= 15 is 0 Å². The van der Waals surface area contributed by atoms with Gasteiger partial charge in [-0.3, -0.25) is 4.79 Å². The summed E-state index contributed by atoms with van der Waals surface area (Å²) >= 11 is 1.47. The normalized spacial score (nSPS) is 27.6. The third-order valence-electron chi connectivity index (χ3n) is 3.86. The number of sulfone groups is 1. The third-order valence-corrected chi connectivity index (χ3v) is 7.12. The zero-order valence-electron chi connectivity index (χ0n) is 11.0. The Kier molecular flexibility index (Phi) is 5.14. The fourth-order valence-corrected chi connectivity index (χ4v) is 6.08. The maximum absolute atomic E-state index is 12.0. The van der Waals surface area contributed by atoms with Gasteiger partial charge in [-0.25, -0.2) is 8.42 Å². The number of nitrogens with zero attached hydrogens (tertiary/aromatic N) is 1. The lowest BCUT2D eigenvalue weighted by atomic mass is 9.98. The zero-order valence-corrected chi connectivity index (χ0v) is 12.6. The first-order valence-electron chi connectivity index (χ1n) is 6.71. The molecule has 0 aromatic rings. The summed E-state index contributed by atoms with van der Waals surface area (Å²) in [5, 5.41) is 9.13. The largest absolute Gasteiger partial charge is 0.396 e.